The SMILES string of the molecule is C[Si](C)(Cl)C1C2=C(c3ccccc31)[n+]1ccccc1C2c1ccccc1. The molecule has 1 aromatic heterocycles. The molecule has 3 aromatic rings. The molecule has 2 heterocycles. The van der Waals surface area contributed by atoms with Crippen LogP contribution in [0.1, 0.15) is 33.8 Å². The summed E-state index contributed by atoms with van der Waals surface area (Å²) in [5, 5.41) is 0. The van der Waals surface area contributed by atoms with Gasteiger partial charge in [-0.25, -0.2) is 0 Å². The zero-order chi connectivity index (χ0) is 17.9. The molecule has 1 nitrogen and oxygen atoms in total. The summed E-state index contributed by atoms with van der Waals surface area (Å²) in [5.41, 5.74) is 8.65. The van der Waals surface area contributed by atoms with Crippen molar-refractivity contribution in [2.45, 2.75) is 24.6 Å². The van der Waals surface area contributed by atoms with Crippen LogP contribution in [-0.4, -0.2) is 7.38 Å². The van der Waals surface area contributed by atoms with Crippen molar-refractivity contribution in [1.29, 1.82) is 0 Å². The third-order valence-corrected chi connectivity index (χ3v) is 8.32. The summed E-state index contributed by atoms with van der Waals surface area (Å²) in [6, 6.07) is 26.2. The van der Waals surface area contributed by atoms with E-state index in [1.807, 2.05) is 0 Å². The molecule has 0 spiro atoms. The van der Waals surface area contributed by atoms with Crippen LogP contribution in [0.5, 0.6) is 0 Å². The van der Waals surface area contributed by atoms with Crippen LogP contribution < -0.4 is 4.57 Å². The highest BCUT2D eigenvalue weighted by molar-refractivity contribution is 7.20. The van der Waals surface area contributed by atoms with E-state index in [2.05, 4.69) is 96.7 Å². The summed E-state index contributed by atoms with van der Waals surface area (Å²) in [7, 11) is -1.97. The predicted octanol–water partition coefficient (Wildman–Crippen LogP) is 5.46. The highest BCUT2D eigenvalue weighted by Crippen LogP contribution is 2.55. The van der Waals surface area contributed by atoms with E-state index in [1.165, 1.54) is 33.7 Å². The lowest BCUT2D eigenvalue weighted by molar-refractivity contribution is -0.583. The van der Waals surface area contributed by atoms with Gasteiger partial charge < -0.3 is 0 Å². The molecule has 1 aliphatic heterocycles. The van der Waals surface area contributed by atoms with Crippen LogP contribution in [0.3, 0.4) is 0 Å². The van der Waals surface area contributed by atoms with Gasteiger partial charge in [0, 0.05) is 23.2 Å². The molecule has 0 N–H and O–H groups in total. The van der Waals surface area contributed by atoms with Gasteiger partial charge in [0.2, 0.25) is 5.70 Å². The Kier molecular flexibility index (Phi) is 3.50. The fourth-order valence-corrected chi connectivity index (χ4v) is 7.53. The van der Waals surface area contributed by atoms with E-state index < -0.39 is 7.38 Å². The van der Waals surface area contributed by atoms with Crippen LogP contribution >= 0.6 is 11.1 Å². The van der Waals surface area contributed by atoms with Crippen LogP contribution in [0.25, 0.3) is 5.70 Å². The summed E-state index contributed by atoms with van der Waals surface area (Å²) in [6.07, 6.45) is 2.20. The molecule has 2 aliphatic rings. The van der Waals surface area contributed by atoms with Gasteiger partial charge in [0.25, 0.3) is 0 Å². The van der Waals surface area contributed by atoms with Crippen LogP contribution in [0.2, 0.25) is 13.1 Å². The molecule has 2 aromatic carbocycles. The molecule has 0 bridgehead atoms. The second-order valence-corrected chi connectivity index (χ2v) is 14.4. The van der Waals surface area contributed by atoms with E-state index in [4.69, 9.17) is 11.1 Å². The van der Waals surface area contributed by atoms with Gasteiger partial charge in [-0.2, -0.15) is 15.6 Å². The van der Waals surface area contributed by atoms with Crippen LogP contribution in [0.4, 0.5) is 0 Å². The highest BCUT2D eigenvalue weighted by atomic mass is 35.6. The summed E-state index contributed by atoms with van der Waals surface area (Å²) in [4.78, 5) is 0. The molecule has 0 saturated carbocycles. The molecular formula is C23H21ClNSi+. The number of rotatable bonds is 2. The number of aromatic nitrogens is 1. The van der Waals surface area contributed by atoms with Crippen LogP contribution in [0, 0.1) is 0 Å². The van der Waals surface area contributed by atoms with Gasteiger partial charge in [0.1, 0.15) is 0 Å². The quantitative estimate of drug-likeness (QED) is 0.318. The van der Waals surface area contributed by atoms with Crippen molar-refractivity contribution in [2.24, 2.45) is 0 Å². The Morgan fingerprint density at radius 1 is 0.846 bits per heavy atom. The van der Waals surface area contributed by atoms with Crippen LogP contribution in [0.15, 0.2) is 84.6 Å². The maximum absolute atomic E-state index is 7.12. The summed E-state index contributed by atoms with van der Waals surface area (Å²) in [5.74, 6) is 0.273. The largest absolute Gasteiger partial charge is 0.219 e. The molecule has 2 atom stereocenters. The number of hydrogen-bond donors (Lipinski definition) is 0. The molecule has 128 valence electrons. The lowest BCUT2D eigenvalue weighted by atomic mass is 9.88. The minimum atomic E-state index is -1.97. The minimum Gasteiger partial charge on any atom is -0.167 e. The Labute approximate surface area is 160 Å². The molecule has 26 heavy (non-hydrogen) atoms. The number of pyridine rings is 1. The Hall–Kier alpha value is -2.16. The highest BCUT2D eigenvalue weighted by Gasteiger charge is 2.53. The van der Waals surface area contributed by atoms with Gasteiger partial charge in [-0.1, -0.05) is 67.7 Å². The molecule has 0 radical (unpaired) electrons. The van der Waals surface area contributed by atoms with Gasteiger partial charge in [-0.05, 0) is 17.2 Å². The Bertz CT molecular complexity index is 1030. The van der Waals surface area contributed by atoms with Gasteiger partial charge >= 0.3 is 0 Å². The summed E-state index contributed by atoms with van der Waals surface area (Å²) >= 11 is 7.12. The third kappa shape index (κ3) is 2.19. The second-order valence-electron chi connectivity index (χ2n) is 7.73. The summed E-state index contributed by atoms with van der Waals surface area (Å²) in [6.45, 7) is 4.56. The second kappa shape index (κ2) is 5.67. The molecule has 3 heteroatoms. The van der Waals surface area contributed by atoms with E-state index >= 15 is 0 Å². The number of fused-ring (bicyclic) bond motifs is 4. The maximum atomic E-state index is 7.12. The number of allylic oxidation sites excluding steroid dienone is 1. The van der Waals surface area contributed by atoms with Gasteiger partial charge in [-0.15, -0.1) is 0 Å². The smallest absolute Gasteiger partial charge is 0.167 e. The van der Waals surface area contributed by atoms with E-state index in [0.717, 1.165) is 0 Å². The Morgan fingerprint density at radius 2 is 1.54 bits per heavy atom. The van der Waals surface area contributed by atoms with E-state index in [9.17, 15) is 0 Å². The monoisotopic (exact) mass is 374 g/mol. The molecule has 0 saturated heterocycles. The Morgan fingerprint density at radius 3 is 2.31 bits per heavy atom. The van der Waals surface area contributed by atoms with Crippen molar-refractivity contribution in [3.8, 4) is 0 Å². The maximum Gasteiger partial charge on any atom is 0.219 e. The predicted molar refractivity (Wildman–Crippen MR) is 110 cm³/mol. The minimum absolute atomic E-state index is 0.273. The summed E-state index contributed by atoms with van der Waals surface area (Å²) < 4.78 is 2.39. The third-order valence-electron chi connectivity index (χ3n) is 5.67. The standard InChI is InChI=1S/C23H21ClNSi/c1-26(2,24)23-18-13-7-6-12-17(18)22-21(23)20(16-10-4-3-5-11-16)19-14-8-9-15-25(19)22/h3-15,20,23H,1-2H3/q+1. The van der Waals surface area contributed by atoms with Gasteiger partial charge in [0.15, 0.2) is 19.3 Å². The molecule has 1 aliphatic carbocycles. The lowest BCUT2D eigenvalue weighted by Gasteiger charge is -2.27. The molecule has 0 fully saturated rings. The Balaban J connectivity index is 1.84. The first-order valence-corrected chi connectivity index (χ1v) is 13.2. The van der Waals surface area contributed by atoms with E-state index in [1.54, 1.807) is 0 Å². The molecule has 5 rings (SSSR count). The first-order valence-electron chi connectivity index (χ1n) is 9.15. The number of benzene rings is 2. The van der Waals surface area contributed by atoms with E-state index in [-0.39, 0.29) is 5.92 Å². The van der Waals surface area contributed by atoms with Crippen molar-refractivity contribution in [1.82, 2.24) is 0 Å². The molecule has 0 amide bonds. The van der Waals surface area contributed by atoms with Crippen molar-refractivity contribution in [2.75, 3.05) is 0 Å². The van der Waals surface area contributed by atoms with Crippen molar-refractivity contribution >= 4 is 24.2 Å². The first kappa shape index (κ1) is 16.0. The normalized spacial score (nSPS) is 20.7. The fraction of sp³-hybridized carbons (Fsp3) is 0.174. The zero-order valence-corrected chi connectivity index (χ0v) is 16.7. The van der Waals surface area contributed by atoms with Gasteiger partial charge in [0.05, 0.1) is 11.5 Å². The number of halogens is 1. The van der Waals surface area contributed by atoms with E-state index in [0.29, 0.717) is 5.54 Å². The van der Waals surface area contributed by atoms with Crippen molar-refractivity contribution in [3.63, 3.8) is 0 Å². The average molecular weight is 375 g/mol. The fourth-order valence-electron chi connectivity index (χ4n) is 4.79. The van der Waals surface area contributed by atoms with Crippen molar-refractivity contribution < 1.29 is 4.57 Å². The lowest BCUT2D eigenvalue weighted by Crippen LogP contribution is -2.34. The molecule has 2 unspecified atom stereocenters. The van der Waals surface area contributed by atoms with Crippen molar-refractivity contribution in [3.05, 3.63) is 107 Å². The van der Waals surface area contributed by atoms with Gasteiger partial charge in [-0.3, -0.25) is 0 Å². The van der Waals surface area contributed by atoms with Crippen LogP contribution in [-0.2, 0) is 0 Å². The molecular weight excluding hydrogens is 354 g/mol. The number of hydrogen-bond acceptors (Lipinski definition) is 0. The topological polar surface area (TPSA) is 3.88 Å². The average Bonchev–Trinajstić information content (AvgIpc) is 3.14. The first-order chi connectivity index (χ1) is 12.6. The number of nitrogens with zero attached hydrogens (tertiary/aromatic N) is 1. The zero-order valence-electron chi connectivity index (χ0n) is 15.0.